The highest BCUT2D eigenvalue weighted by Crippen LogP contribution is 2.19. The largest absolute Gasteiger partial charge is 0.368 e. The summed E-state index contributed by atoms with van der Waals surface area (Å²) in [4.78, 5) is 0. The average molecular weight is 188 g/mol. The minimum atomic E-state index is -0.618. The van der Waals surface area contributed by atoms with Gasteiger partial charge in [0.25, 0.3) is 0 Å². The summed E-state index contributed by atoms with van der Waals surface area (Å²) in [5.41, 5.74) is 0. The summed E-state index contributed by atoms with van der Waals surface area (Å²) in [5, 5.41) is 9.22. The molecule has 1 fully saturated rings. The van der Waals surface area contributed by atoms with Gasteiger partial charge in [-0.25, -0.2) is 0 Å². The van der Waals surface area contributed by atoms with Crippen LogP contribution in [0.5, 0.6) is 0 Å². The van der Waals surface area contributed by atoms with Crippen LogP contribution in [0.15, 0.2) is 0 Å². The molecule has 13 heavy (non-hydrogen) atoms. The second-order valence-corrected chi connectivity index (χ2v) is 3.81. The van der Waals surface area contributed by atoms with E-state index in [0.29, 0.717) is 18.9 Å². The Morgan fingerprint density at radius 1 is 1.54 bits per heavy atom. The van der Waals surface area contributed by atoms with Crippen molar-refractivity contribution in [3.05, 3.63) is 0 Å². The molecule has 78 valence electrons. The van der Waals surface area contributed by atoms with Gasteiger partial charge in [-0.05, 0) is 5.92 Å². The van der Waals surface area contributed by atoms with Gasteiger partial charge in [0.2, 0.25) is 0 Å². The van der Waals surface area contributed by atoms with Gasteiger partial charge in [0, 0.05) is 12.8 Å². The van der Waals surface area contributed by atoms with Crippen molar-refractivity contribution in [2.75, 3.05) is 6.61 Å². The highest BCUT2D eigenvalue weighted by atomic mass is 16.7. The molecule has 0 aromatic heterocycles. The van der Waals surface area contributed by atoms with Crippen LogP contribution in [-0.2, 0) is 9.47 Å². The molecule has 0 saturated carbocycles. The quantitative estimate of drug-likeness (QED) is 0.732. The summed E-state index contributed by atoms with van der Waals surface area (Å²) in [6.07, 6.45) is 3.07. The van der Waals surface area contributed by atoms with E-state index in [9.17, 15) is 5.11 Å². The first-order valence-electron chi connectivity index (χ1n) is 5.17. The first-order valence-corrected chi connectivity index (χ1v) is 5.17. The van der Waals surface area contributed by atoms with Crippen LogP contribution in [0.3, 0.4) is 0 Å². The maximum absolute atomic E-state index is 9.22. The van der Waals surface area contributed by atoms with Crippen molar-refractivity contribution in [3.8, 4) is 0 Å². The Morgan fingerprint density at radius 2 is 2.31 bits per heavy atom. The second kappa shape index (κ2) is 5.58. The van der Waals surface area contributed by atoms with Crippen molar-refractivity contribution in [3.63, 3.8) is 0 Å². The molecular formula is C10H20O3. The van der Waals surface area contributed by atoms with Crippen molar-refractivity contribution in [1.29, 1.82) is 0 Å². The van der Waals surface area contributed by atoms with Crippen LogP contribution < -0.4 is 0 Å². The van der Waals surface area contributed by atoms with Gasteiger partial charge in [0.1, 0.15) is 0 Å². The third kappa shape index (κ3) is 4.07. The lowest BCUT2D eigenvalue weighted by atomic mass is 10.0. The fraction of sp³-hybridized carbons (Fsp3) is 1.00. The lowest BCUT2D eigenvalue weighted by Gasteiger charge is -2.28. The molecule has 1 N–H and O–H groups in total. The summed E-state index contributed by atoms with van der Waals surface area (Å²) in [6, 6.07) is 0. The van der Waals surface area contributed by atoms with E-state index < -0.39 is 6.29 Å². The van der Waals surface area contributed by atoms with Crippen LogP contribution in [0, 0.1) is 5.92 Å². The fourth-order valence-electron chi connectivity index (χ4n) is 1.65. The zero-order valence-corrected chi connectivity index (χ0v) is 8.53. The van der Waals surface area contributed by atoms with Gasteiger partial charge in [-0.2, -0.15) is 0 Å². The minimum absolute atomic E-state index is 0.190. The Kier molecular flexibility index (Phi) is 4.70. The van der Waals surface area contributed by atoms with Crippen molar-refractivity contribution in [1.82, 2.24) is 0 Å². The predicted octanol–water partition coefficient (Wildman–Crippen LogP) is 1.89. The SMILES string of the molecule is CCCC(C)CC1OCCC(O)O1. The fourth-order valence-corrected chi connectivity index (χ4v) is 1.65. The minimum Gasteiger partial charge on any atom is -0.368 e. The number of aliphatic hydroxyl groups is 1. The Hall–Kier alpha value is -0.120. The number of rotatable bonds is 4. The lowest BCUT2D eigenvalue weighted by molar-refractivity contribution is -0.274. The summed E-state index contributed by atoms with van der Waals surface area (Å²) < 4.78 is 10.6. The third-order valence-electron chi connectivity index (χ3n) is 2.35. The number of ether oxygens (including phenoxy) is 2. The van der Waals surface area contributed by atoms with Crippen LogP contribution in [0.2, 0.25) is 0 Å². The highest BCUT2D eigenvalue weighted by Gasteiger charge is 2.22. The molecule has 0 amide bonds. The van der Waals surface area contributed by atoms with Crippen LogP contribution in [0.1, 0.15) is 39.5 Å². The van der Waals surface area contributed by atoms with Gasteiger partial charge >= 0.3 is 0 Å². The number of aliphatic hydroxyl groups excluding tert-OH is 1. The van der Waals surface area contributed by atoms with Crippen LogP contribution in [0.4, 0.5) is 0 Å². The van der Waals surface area contributed by atoms with Gasteiger partial charge in [-0.15, -0.1) is 0 Å². The van der Waals surface area contributed by atoms with Gasteiger partial charge in [0.15, 0.2) is 12.6 Å². The molecule has 1 aliphatic rings. The summed E-state index contributed by atoms with van der Waals surface area (Å²) in [7, 11) is 0. The van der Waals surface area contributed by atoms with Gasteiger partial charge < -0.3 is 14.6 Å². The molecule has 0 aromatic carbocycles. The molecule has 0 bridgehead atoms. The van der Waals surface area contributed by atoms with E-state index in [1.807, 2.05) is 0 Å². The maximum Gasteiger partial charge on any atom is 0.160 e. The van der Waals surface area contributed by atoms with Crippen molar-refractivity contribution in [2.24, 2.45) is 5.92 Å². The molecule has 1 heterocycles. The van der Waals surface area contributed by atoms with E-state index in [4.69, 9.17) is 9.47 Å². The van der Waals surface area contributed by atoms with Crippen molar-refractivity contribution < 1.29 is 14.6 Å². The molecule has 0 aliphatic carbocycles. The standard InChI is InChI=1S/C10H20O3/c1-3-4-8(2)7-10-12-6-5-9(11)13-10/h8-11H,3-7H2,1-2H3. The molecule has 0 spiro atoms. The first kappa shape index (κ1) is 11.0. The van der Waals surface area contributed by atoms with Crippen LogP contribution in [0.25, 0.3) is 0 Å². The summed E-state index contributed by atoms with van der Waals surface area (Å²) in [6.45, 7) is 4.98. The first-order chi connectivity index (χ1) is 6.22. The number of hydrogen-bond acceptors (Lipinski definition) is 3. The molecule has 0 radical (unpaired) electrons. The van der Waals surface area contributed by atoms with Gasteiger partial charge in [-0.1, -0.05) is 26.7 Å². The van der Waals surface area contributed by atoms with E-state index in [1.54, 1.807) is 0 Å². The van der Waals surface area contributed by atoms with E-state index in [-0.39, 0.29) is 6.29 Å². The molecule has 3 unspecified atom stereocenters. The lowest BCUT2D eigenvalue weighted by Crippen LogP contribution is -2.33. The van der Waals surface area contributed by atoms with E-state index in [2.05, 4.69) is 13.8 Å². The monoisotopic (exact) mass is 188 g/mol. The Labute approximate surface area is 80.0 Å². The van der Waals surface area contributed by atoms with Gasteiger partial charge in [0.05, 0.1) is 6.61 Å². The Balaban J connectivity index is 2.19. The predicted molar refractivity (Wildman–Crippen MR) is 50.1 cm³/mol. The zero-order chi connectivity index (χ0) is 9.68. The molecule has 1 saturated heterocycles. The summed E-state index contributed by atoms with van der Waals surface area (Å²) >= 11 is 0. The molecule has 1 aliphatic heterocycles. The van der Waals surface area contributed by atoms with Gasteiger partial charge in [-0.3, -0.25) is 0 Å². The number of hydrogen-bond donors (Lipinski definition) is 1. The zero-order valence-electron chi connectivity index (χ0n) is 8.53. The third-order valence-corrected chi connectivity index (χ3v) is 2.35. The highest BCUT2D eigenvalue weighted by molar-refractivity contribution is 4.60. The molecule has 3 heteroatoms. The van der Waals surface area contributed by atoms with Crippen LogP contribution >= 0.6 is 0 Å². The molecule has 3 atom stereocenters. The second-order valence-electron chi connectivity index (χ2n) is 3.81. The molecule has 0 aromatic rings. The average Bonchev–Trinajstić information content (AvgIpc) is 2.04. The van der Waals surface area contributed by atoms with E-state index in [0.717, 1.165) is 6.42 Å². The van der Waals surface area contributed by atoms with E-state index >= 15 is 0 Å². The van der Waals surface area contributed by atoms with Crippen molar-refractivity contribution >= 4 is 0 Å². The normalized spacial score (nSPS) is 31.6. The van der Waals surface area contributed by atoms with Crippen molar-refractivity contribution in [2.45, 2.75) is 52.1 Å². The van der Waals surface area contributed by atoms with E-state index in [1.165, 1.54) is 12.8 Å². The summed E-state index contributed by atoms with van der Waals surface area (Å²) in [5.74, 6) is 0.611. The molecule has 1 rings (SSSR count). The Bertz CT molecular complexity index is 138. The molecule has 3 nitrogen and oxygen atoms in total. The van der Waals surface area contributed by atoms with Crippen LogP contribution in [-0.4, -0.2) is 24.3 Å². The molecular weight excluding hydrogens is 168 g/mol. The maximum atomic E-state index is 9.22. The topological polar surface area (TPSA) is 38.7 Å². The Morgan fingerprint density at radius 3 is 2.92 bits per heavy atom. The smallest absolute Gasteiger partial charge is 0.160 e.